The summed E-state index contributed by atoms with van der Waals surface area (Å²) in [5.41, 5.74) is 0.869. The molecule has 0 N–H and O–H groups in total. The highest BCUT2D eigenvalue weighted by atomic mass is 127. The third kappa shape index (κ3) is 2.55. The second kappa shape index (κ2) is 3.98. The molecule has 0 unspecified atom stereocenters. The lowest BCUT2D eigenvalue weighted by Crippen LogP contribution is -1.97. The van der Waals surface area contributed by atoms with Crippen molar-refractivity contribution in [2.45, 2.75) is 13.3 Å². The van der Waals surface area contributed by atoms with Gasteiger partial charge in [0.2, 0.25) is 0 Å². The van der Waals surface area contributed by atoms with Gasteiger partial charge in [0.25, 0.3) is 0 Å². The Morgan fingerprint density at radius 1 is 1.58 bits per heavy atom. The summed E-state index contributed by atoms with van der Waals surface area (Å²) in [6.07, 6.45) is 0.385. The van der Waals surface area contributed by atoms with E-state index in [1.54, 1.807) is 12.1 Å². The van der Waals surface area contributed by atoms with Crippen LogP contribution in [0.2, 0.25) is 0 Å². The molecule has 0 aromatic heterocycles. The van der Waals surface area contributed by atoms with E-state index in [1.807, 2.05) is 22.6 Å². The lowest BCUT2D eigenvalue weighted by Gasteiger charge is -1.99. The van der Waals surface area contributed by atoms with E-state index < -0.39 is 0 Å². The van der Waals surface area contributed by atoms with E-state index in [1.165, 1.54) is 13.0 Å². The van der Waals surface area contributed by atoms with Gasteiger partial charge < -0.3 is 0 Å². The molecule has 64 valence electrons. The normalized spacial score (nSPS) is 9.92. The maximum atomic E-state index is 12.7. The van der Waals surface area contributed by atoms with E-state index in [0.29, 0.717) is 9.99 Å². The summed E-state index contributed by atoms with van der Waals surface area (Å²) in [6.45, 7) is 1.52. The smallest absolute Gasteiger partial charge is 0.136 e. The van der Waals surface area contributed by atoms with Crippen LogP contribution in [-0.4, -0.2) is 5.78 Å². The van der Waals surface area contributed by atoms with Crippen LogP contribution < -0.4 is 0 Å². The van der Waals surface area contributed by atoms with E-state index in [4.69, 9.17) is 0 Å². The van der Waals surface area contributed by atoms with Crippen molar-refractivity contribution in [3.8, 4) is 0 Å². The number of hydrogen-bond acceptors (Lipinski definition) is 1. The van der Waals surface area contributed by atoms with Gasteiger partial charge in [-0.3, -0.25) is 4.79 Å². The van der Waals surface area contributed by atoms with E-state index in [9.17, 15) is 9.18 Å². The highest BCUT2D eigenvalue weighted by Gasteiger charge is 2.01. The molecule has 1 nitrogen and oxygen atoms in total. The van der Waals surface area contributed by atoms with Crippen LogP contribution in [0.3, 0.4) is 0 Å². The molecule has 0 aliphatic carbocycles. The Morgan fingerprint density at radius 3 is 2.75 bits per heavy atom. The molecule has 3 heteroatoms. The van der Waals surface area contributed by atoms with Crippen LogP contribution in [0.5, 0.6) is 0 Å². The first-order chi connectivity index (χ1) is 5.59. The van der Waals surface area contributed by atoms with Crippen LogP contribution in [0.1, 0.15) is 12.5 Å². The van der Waals surface area contributed by atoms with Gasteiger partial charge in [0, 0.05) is 9.99 Å². The predicted octanol–water partition coefficient (Wildman–Crippen LogP) is 2.56. The van der Waals surface area contributed by atoms with Gasteiger partial charge in [-0.2, -0.15) is 0 Å². The fourth-order valence-corrected chi connectivity index (χ4v) is 1.52. The fourth-order valence-electron chi connectivity index (χ4n) is 0.937. The van der Waals surface area contributed by atoms with E-state index in [2.05, 4.69) is 0 Å². The van der Waals surface area contributed by atoms with Crippen molar-refractivity contribution in [1.82, 2.24) is 0 Å². The minimum Gasteiger partial charge on any atom is -0.300 e. The SMILES string of the molecule is CC(=O)Cc1ccc(F)c(I)c1. The monoisotopic (exact) mass is 278 g/mol. The topological polar surface area (TPSA) is 17.1 Å². The van der Waals surface area contributed by atoms with Crippen molar-refractivity contribution >= 4 is 28.4 Å². The second-order valence-corrected chi connectivity index (χ2v) is 3.79. The summed E-state index contributed by atoms with van der Waals surface area (Å²) in [7, 11) is 0. The summed E-state index contributed by atoms with van der Waals surface area (Å²) in [5.74, 6) is -0.139. The summed E-state index contributed by atoms with van der Waals surface area (Å²) >= 11 is 1.91. The molecule has 0 spiro atoms. The first-order valence-electron chi connectivity index (χ1n) is 3.53. The largest absolute Gasteiger partial charge is 0.300 e. The molecular formula is C9H8FIO. The van der Waals surface area contributed by atoms with E-state index in [-0.39, 0.29) is 11.6 Å². The number of halogens is 2. The zero-order valence-electron chi connectivity index (χ0n) is 6.60. The molecule has 0 aliphatic heterocycles. The predicted molar refractivity (Wildman–Crippen MR) is 53.5 cm³/mol. The van der Waals surface area contributed by atoms with Gasteiger partial charge in [0.15, 0.2) is 0 Å². The molecule has 12 heavy (non-hydrogen) atoms. The van der Waals surface area contributed by atoms with Gasteiger partial charge >= 0.3 is 0 Å². The minimum atomic E-state index is -0.233. The molecule has 0 heterocycles. The molecule has 0 amide bonds. The third-order valence-electron chi connectivity index (χ3n) is 1.44. The van der Waals surface area contributed by atoms with Gasteiger partial charge in [-0.1, -0.05) is 6.07 Å². The van der Waals surface area contributed by atoms with Crippen LogP contribution in [0.25, 0.3) is 0 Å². The molecule has 1 rings (SSSR count). The van der Waals surface area contributed by atoms with Crippen molar-refractivity contribution < 1.29 is 9.18 Å². The van der Waals surface area contributed by atoms with Crippen LogP contribution in [-0.2, 0) is 11.2 Å². The Labute approximate surface area is 84.1 Å². The summed E-state index contributed by atoms with van der Waals surface area (Å²) < 4.78 is 13.3. The molecule has 0 radical (unpaired) electrons. The number of Topliss-reactive ketones (excluding diaryl/α,β-unsaturated/α-hetero) is 1. The van der Waals surface area contributed by atoms with E-state index in [0.717, 1.165) is 5.56 Å². The minimum absolute atomic E-state index is 0.0948. The molecule has 0 saturated carbocycles. The standard InChI is InChI=1S/C9H8FIO/c1-6(12)4-7-2-3-8(10)9(11)5-7/h2-3,5H,4H2,1H3. The zero-order valence-corrected chi connectivity index (χ0v) is 8.76. The van der Waals surface area contributed by atoms with Crippen molar-refractivity contribution in [3.05, 3.63) is 33.1 Å². The van der Waals surface area contributed by atoms with Crippen molar-refractivity contribution in [2.24, 2.45) is 0 Å². The summed E-state index contributed by atoms with van der Waals surface area (Å²) in [5, 5.41) is 0. The van der Waals surface area contributed by atoms with Gasteiger partial charge in [-0.05, 0) is 47.2 Å². The third-order valence-corrected chi connectivity index (χ3v) is 2.26. The summed E-state index contributed by atoms with van der Waals surface area (Å²) in [6, 6.07) is 4.72. The Balaban J connectivity index is 2.89. The summed E-state index contributed by atoms with van der Waals surface area (Å²) in [4.78, 5) is 10.7. The molecule has 0 bridgehead atoms. The lowest BCUT2D eigenvalue weighted by molar-refractivity contribution is -0.116. The van der Waals surface area contributed by atoms with Crippen LogP contribution in [0.4, 0.5) is 4.39 Å². The lowest BCUT2D eigenvalue weighted by atomic mass is 10.1. The Kier molecular flexibility index (Phi) is 3.20. The number of carbonyl (C=O) groups excluding carboxylic acids is 1. The maximum Gasteiger partial charge on any atom is 0.136 e. The molecule has 0 atom stereocenters. The van der Waals surface area contributed by atoms with Crippen LogP contribution in [0.15, 0.2) is 18.2 Å². The van der Waals surface area contributed by atoms with Crippen molar-refractivity contribution in [1.29, 1.82) is 0 Å². The molecule has 0 saturated heterocycles. The van der Waals surface area contributed by atoms with E-state index >= 15 is 0 Å². The Bertz CT molecular complexity index is 309. The molecule has 1 aromatic carbocycles. The Morgan fingerprint density at radius 2 is 2.25 bits per heavy atom. The Hall–Kier alpha value is -0.450. The van der Waals surface area contributed by atoms with Crippen molar-refractivity contribution in [2.75, 3.05) is 0 Å². The zero-order chi connectivity index (χ0) is 9.14. The highest BCUT2D eigenvalue weighted by molar-refractivity contribution is 14.1. The number of ketones is 1. The number of rotatable bonds is 2. The van der Waals surface area contributed by atoms with Gasteiger partial charge in [0.05, 0.1) is 0 Å². The first kappa shape index (κ1) is 9.64. The first-order valence-corrected chi connectivity index (χ1v) is 4.61. The highest BCUT2D eigenvalue weighted by Crippen LogP contribution is 2.13. The quantitative estimate of drug-likeness (QED) is 0.760. The van der Waals surface area contributed by atoms with Crippen LogP contribution >= 0.6 is 22.6 Å². The number of hydrogen-bond donors (Lipinski definition) is 0. The number of benzene rings is 1. The number of carbonyl (C=O) groups is 1. The maximum absolute atomic E-state index is 12.7. The van der Waals surface area contributed by atoms with Gasteiger partial charge in [-0.15, -0.1) is 0 Å². The molecule has 0 fully saturated rings. The average molecular weight is 278 g/mol. The molecule has 1 aromatic rings. The fraction of sp³-hybridized carbons (Fsp3) is 0.222. The van der Waals surface area contributed by atoms with Gasteiger partial charge in [-0.25, -0.2) is 4.39 Å². The van der Waals surface area contributed by atoms with Gasteiger partial charge in [0.1, 0.15) is 11.6 Å². The molecular weight excluding hydrogens is 270 g/mol. The van der Waals surface area contributed by atoms with Crippen LogP contribution in [0, 0.1) is 9.39 Å². The molecule has 0 aliphatic rings. The average Bonchev–Trinajstić information content (AvgIpc) is 1.96. The van der Waals surface area contributed by atoms with Crippen molar-refractivity contribution in [3.63, 3.8) is 0 Å². The second-order valence-electron chi connectivity index (χ2n) is 2.63.